The molecule has 0 radical (unpaired) electrons. The molecule has 22 nitrogen and oxygen atoms in total. The summed E-state index contributed by atoms with van der Waals surface area (Å²) in [6.07, 6.45) is -25.6. The van der Waals surface area contributed by atoms with E-state index in [0.717, 1.165) is 13.8 Å². The number of nitrogens with one attached hydrogen (secondary N) is 2. The van der Waals surface area contributed by atoms with E-state index in [9.17, 15) is 65.4 Å². The molecule has 0 spiro atoms. The first kappa shape index (κ1) is 39.2. The fraction of sp³-hybridized carbons (Fsp3) is 0.880. The Labute approximate surface area is 266 Å². The zero-order valence-electron chi connectivity index (χ0n) is 25.2. The van der Waals surface area contributed by atoms with Crippen molar-refractivity contribution in [2.75, 3.05) is 19.8 Å². The van der Waals surface area contributed by atoms with Gasteiger partial charge >= 0.3 is 5.97 Å². The summed E-state index contributed by atoms with van der Waals surface area (Å²) in [7, 11) is 0. The number of hydrogen-bond acceptors (Lipinski definition) is 19. The minimum Gasteiger partial charge on any atom is -0.477 e. The van der Waals surface area contributed by atoms with Crippen LogP contribution in [0.3, 0.4) is 0 Å². The molecule has 47 heavy (non-hydrogen) atoms. The summed E-state index contributed by atoms with van der Waals surface area (Å²) in [5.74, 6) is -1.52. The molecule has 16 atom stereocenters. The van der Waals surface area contributed by atoms with Crippen LogP contribution in [0.25, 0.3) is 0 Å². The average Bonchev–Trinajstić information content (AvgIpc) is 3.00. The summed E-state index contributed by atoms with van der Waals surface area (Å²) in [5.41, 5.74) is 0. The van der Waals surface area contributed by atoms with Crippen molar-refractivity contribution in [2.24, 2.45) is 5.90 Å². The van der Waals surface area contributed by atoms with Crippen molar-refractivity contribution in [1.29, 1.82) is 0 Å². The molecule has 0 bridgehead atoms. The van der Waals surface area contributed by atoms with Gasteiger partial charge in [0.05, 0.1) is 32.0 Å². The highest BCUT2D eigenvalue weighted by Gasteiger charge is 2.60. The van der Waals surface area contributed by atoms with Gasteiger partial charge in [-0.3, -0.25) is 9.59 Å². The molecule has 0 aromatic heterocycles. The molecule has 14 N–H and O–H groups in total. The number of aliphatic hydroxyl groups is 9. The van der Waals surface area contributed by atoms with Gasteiger partial charge in [0.25, 0.3) is 5.79 Å². The van der Waals surface area contributed by atoms with Crippen molar-refractivity contribution in [1.82, 2.24) is 10.6 Å². The second kappa shape index (κ2) is 16.4. The van der Waals surface area contributed by atoms with Gasteiger partial charge in [-0.2, -0.15) is 0 Å². The first-order chi connectivity index (χ1) is 22.0. The second-order valence-corrected chi connectivity index (χ2v) is 11.4. The smallest absolute Gasteiger partial charge is 0.364 e. The molecule has 3 aliphatic rings. The Morgan fingerprint density at radius 2 is 1.45 bits per heavy atom. The number of hydrogen-bond donors (Lipinski definition) is 13. The predicted molar refractivity (Wildman–Crippen MR) is 145 cm³/mol. The SMILES string of the molecule is CC(=O)N[C@@H]1[C@@H](O[C@@H]2O[C@H](CO)[C@H](O)[C@H](O[C@]3(C(=O)O)C[C@H](O)[C@@H](NC(C)=O)[C@H]([C@H](O)[C@H](O)CON)O3)[C@H]2O)[C@@H](O)[C@@H](CO)O[C@H]1O. The minimum absolute atomic E-state index is 0.706. The van der Waals surface area contributed by atoms with Crippen LogP contribution in [0.5, 0.6) is 0 Å². The molecule has 272 valence electrons. The molecular formula is C25H43N3O19. The summed E-state index contributed by atoms with van der Waals surface area (Å²) in [6, 6.07) is -3.07. The number of carbonyl (C=O) groups is 3. The van der Waals surface area contributed by atoms with Crippen LogP contribution in [-0.4, -0.2) is 186 Å². The molecular weight excluding hydrogens is 646 g/mol. The molecule has 0 aromatic rings. The zero-order chi connectivity index (χ0) is 35.4. The number of aliphatic carboxylic acids is 1. The van der Waals surface area contributed by atoms with E-state index >= 15 is 0 Å². The van der Waals surface area contributed by atoms with Gasteiger partial charge in [0.1, 0.15) is 67.1 Å². The molecule has 2 amide bonds. The zero-order valence-corrected chi connectivity index (χ0v) is 25.2. The van der Waals surface area contributed by atoms with Crippen LogP contribution in [0.2, 0.25) is 0 Å². The Bertz CT molecular complexity index is 1070. The first-order valence-corrected chi connectivity index (χ1v) is 14.4. The van der Waals surface area contributed by atoms with Crippen LogP contribution in [0, 0.1) is 0 Å². The molecule has 22 heteroatoms. The summed E-state index contributed by atoms with van der Waals surface area (Å²) in [6.45, 7) is -0.412. The monoisotopic (exact) mass is 689 g/mol. The third kappa shape index (κ3) is 8.69. The van der Waals surface area contributed by atoms with Gasteiger partial charge in [0, 0.05) is 20.3 Å². The van der Waals surface area contributed by atoms with Crippen LogP contribution in [0.15, 0.2) is 0 Å². The highest BCUT2D eigenvalue weighted by atomic mass is 16.8. The van der Waals surface area contributed by atoms with Crippen LogP contribution in [0.4, 0.5) is 0 Å². The Morgan fingerprint density at radius 3 is 1.98 bits per heavy atom. The fourth-order valence-corrected chi connectivity index (χ4v) is 5.65. The third-order valence-electron chi connectivity index (χ3n) is 7.95. The van der Waals surface area contributed by atoms with Crippen LogP contribution in [-0.2, 0) is 42.9 Å². The number of nitrogens with two attached hydrogens (primary N) is 1. The van der Waals surface area contributed by atoms with Gasteiger partial charge in [-0.05, 0) is 0 Å². The Kier molecular flexibility index (Phi) is 13.7. The van der Waals surface area contributed by atoms with Gasteiger partial charge in [-0.15, -0.1) is 0 Å². The summed E-state index contributed by atoms with van der Waals surface area (Å²) in [5, 5.41) is 110. The number of rotatable bonds is 13. The molecule has 3 saturated heterocycles. The number of aliphatic hydroxyl groups excluding tert-OH is 9. The second-order valence-electron chi connectivity index (χ2n) is 11.4. The summed E-state index contributed by atoms with van der Waals surface area (Å²) in [4.78, 5) is 40.6. The maximum Gasteiger partial charge on any atom is 0.364 e. The number of ether oxygens (including phenoxy) is 5. The minimum atomic E-state index is -3.03. The number of carbonyl (C=O) groups excluding carboxylic acids is 2. The van der Waals surface area contributed by atoms with E-state index in [1.807, 2.05) is 0 Å². The maximum absolute atomic E-state index is 12.7. The lowest BCUT2D eigenvalue weighted by Gasteiger charge is -2.50. The summed E-state index contributed by atoms with van der Waals surface area (Å²) >= 11 is 0. The fourth-order valence-electron chi connectivity index (χ4n) is 5.65. The van der Waals surface area contributed by atoms with Crippen molar-refractivity contribution in [3.63, 3.8) is 0 Å². The van der Waals surface area contributed by atoms with Crippen molar-refractivity contribution in [3.8, 4) is 0 Å². The molecule has 0 unspecified atom stereocenters. The van der Waals surface area contributed by atoms with E-state index in [0.29, 0.717) is 0 Å². The predicted octanol–water partition coefficient (Wildman–Crippen LogP) is -8.18. The van der Waals surface area contributed by atoms with E-state index in [1.54, 1.807) is 0 Å². The average molecular weight is 690 g/mol. The van der Waals surface area contributed by atoms with Gasteiger partial charge < -0.3 is 90.2 Å². The number of amides is 2. The lowest BCUT2D eigenvalue weighted by atomic mass is 9.88. The number of carboxylic acids is 1. The molecule has 3 fully saturated rings. The van der Waals surface area contributed by atoms with E-state index in [2.05, 4.69) is 15.5 Å². The van der Waals surface area contributed by atoms with Crippen molar-refractivity contribution < 1.29 is 94.0 Å². The standard InChI is InChI=1S/C25H43N3O19/c1-7(31)27-13-9(33)3-25(24(40)41,46-20(13)15(35)10(34)6-42-26)47-21-17(37)12(5-30)44-23(18(21)38)45-19-14(28-8(2)32)22(39)43-11(4-29)16(19)36/h9-23,29-30,33-39H,3-6,26H2,1-2H3,(H,27,31)(H,28,32)(H,40,41)/t9-,10+,11+,12+,13+,14+,15+,16-,17-,18+,19+,20+,21-,22+,23-,25-/m0/s1. The Balaban J connectivity index is 1.98. The van der Waals surface area contributed by atoms with Gasteiger partial charge in [-0.25, -0.2) is 10.7 Å². The molecule has 0 aliphatic carbocycles. The normalized spacial score (nSPS) is 42.3. The van der Waals surface area contributed by atoms with Gasteiger partial charge in [-0.1, -0.05) is 0 Å². The highest BCUT2D eigenvalue weighted by molar-refractivity contribution is 5.76. The van der Waals surface area contributed by atoms with E-state index < -0.39 is 142 Å². The third-order valence-corrected chi connectivity index (χ3v) is 7.95. The summed E-state index contributed by atoms with van der Waals surface area (Å²) < 4.78 is 27.4. The van der Waals surface area contributed by atoms with Crippen LogP contribution in [0.1, 0.15) is 20.3 Å². The molecule has 3 heterocycles. The van der Waals surface area contributed by atoms with Gasteiger partial charge in [0.15, 0.2) is 12.6 Å². The quantitative estimate of drug-likeness (QED) is 0.0798. The molecule has 3 aliphatic heterocycles. The Morgan fingerprint density at radius 1 is 0.894 bits per heavy atom. The van der Waals surface area contributed by atoms with Crippen molar-refractivity contribution >= 4 is 17.8 Å². The van der Waals surface area contributed by atoms with E-state index in [4.69, 9.17) is 29.6 Å². The largest absolute Gasteiger partial charge is 0.477 e. The van der Waals surface area contributed by atoms with Gasteiger partial charge in [0.2, 0.25) is 11.8 Å². The lowest BCUT2D eigenvalue weighted by Crippen LogP contribution is -2.71. The number of carboxylic acid groups (broad SMARTS) is 1. The topological polar surface area (TPSA) is 359 Å². The molecule has 0 saturated carbocycles. The molecule has 0 aromatic carbocycles. The van der Waals surface area contributed by atoms with E-state index in [1.165, 1.54) is 0 Å². The molecule has 3 rings (SSSR count). The van der Waals surface area contributed by atoms with Crippen molar-refractivity contribution in [2.45, 2.75) is 118 Å². The maximum atomic E-state index is 12.7. The van der Waals surface area contributed by atoms with E-state index in [-0.39, 0.29) is 0 Å². The highest BCUT2D eigenvalue weighted by Crippen LogP contribution is 2.38. The van der Waals surface area contributed by atoms with Crippen molar-refractivity contribution in [3.05, 3.63) is 0 Å². The first-order valence-electron chi connectivity index (χ1n) is 14.4. The lowest BCUT2D eigenvalue weighted by molar-refractivity contribution is -0.380. The van der Waals surface area contributed by atoms with Crippen LogP contribution >= 0.6 is 0 Å². The van der Waals surface area contributed by atoms with Crippen LogP contribution < -0.4 is 16.5 Å². The Hall–Kier alpha value is -2.23.